The number of para-hydroxylation sites is 2. The van der Waals surface area contributed by atoms with E-state index in [1.807, 2.05) is 62.4 Å². The molecule has 0 aliphatic carbocycles. The monoisotopic (exact) mass is 384 g/mol. The second kappa shape index (κ2) is 9.99. The molecule has 1 fully saturated rings. The lowest BCUT2D eigenvalue weighted by Gasteiger charge is -2.15. The maximum Gasteiger partial charge on any atom is 0.243 e. The SMILES string of the molecule is CC(C)Oc1cccc(NCC(=O)Nc2ccccc2OCC2CCCO2)c1. The van der Waals surface area contributed by atoms with Crippen LogP contribution in [0.5, 0.6) is 11.5 Å². The van der Waals surface area contributed by atoms with Crippen molar-refractivity contribution in [2.24, 2.45) is 0 Å². The first-order chi connectivity index (χ1) is 13.6. The zero-order valence-corrected chi connectivity index (χ0v) is 16.4. The van der Waals surface area contributed by atoms with Crippen LogP contribution in [0.4, 0.5) is 11.4 Å². The van der Waals surface area contributed by atoms with E-state index in [-0.39, 0.29) is 24.7 Å². The van der Waals surface area contributed by atoms with Gasteiger partial charge in [0.25, 0.3) is 0 Å². The van der Waals surface area contributed by atoms with Gasteiger partial charge in [-0.15, -0.1) is 0 Å². The molecule has 0 saturated carbocycles. The van der Waals surface area contributed by atoms with Gasteiger partial charge in [0.1, 0.15) is 18.1 Å². The normalized spacial score (nSPS) is 16.0. The smallest absolute Gasteiger partial charge is 0.243 e. The lowest BCUT2D eigenvalue weighted by Crippen LogP contribution is -2.23. The summed E-state index contributed by atoms with van der Waals surface area (Å²) < 4.78 is 17.1. The third-order valence-corrected chi connectivity index (χ3v) is 4.27. The van der Waals surface area contributed by atoms with E-state index in [0.717, 1.165) is 30.9 Å². The molecule has 1 aliphatic heterocycles. The number of carbonyl (C=O) groups excluding carboxylic acids is 1. The van der Waals surface area contributed by atoms with Crippen LogP contribution in [0.3, 0.4) is 0 Å². The Hall–Kier alpha value is -2.73. The van der Waals surface area contributed by atoms with Gasteiger partial charge in [-0.2, -0.15) is 0 Å². The minimum Gasteiger partial charge on any atom is -0.491 e. The van der Waals surface area contributed by atoms with E-state index in [0.29, 0.717) is 18.0 Å². The van der Waals surface area contributed by atoms with Crippen LogP contribution >= 0.6 is 0 Å². The molecule has 1 heterocycles. The summed E-state index contributed by atoms with van der Waals surface area (Å²) in [6, 6.07) is 15.0. The minimum atomic E-state index is -0.150. The van der Waals surface area contributed by atoms with E-state index in [1.165, 1.54) is 0 Å². The van der Waals surface area contributed by atoms with Crippen LogP contribution in [0.15, 0.2) is 48.5 Å². The van der Waals surface area contributed by atoms with Crippen molar-refractivity contribution < 1.29 is 19.0 Å². The number of benzene rings is 2. The third-order valence-electron chi connectivity index (χ3n) is 4.27. The molecule has 1 unspecified atom stereocenters. The van der Waals surface area contributed by atoms with Crippen LogP contribution in [-0.2, 0) is 9.53 Å². The Morgan fingerprint density at radius 1 is 1.21 bits per heavy atom. The van der Waals surface area contributed by atoms with Crippen molar-refractivity contribution in [3.05, 3.63) is 48.5 Å². The van der Waals surface area contributed by atoms with Crippen molar-refractivity contribution in [1.29, 1.82) is 0 Å². The topological polar surface area (TPSA) is 68.8 Å². The average molecular weight is 384 g/mol. The number of ether oxygens (including phenoxy) is 3. The lowest BCUT2D eigenvalue weighted by molar-refractivity contribution is -0.114. The van der Waals surface area contributed by atoms with Crippen LogP contribution < -0.4 is 20.1 Å². The van der Waals surface area contributed by atoms with Crippen molar-refractivity contribution in [2.45, 2.75) is 38.9 Å². The standard InChI is InChI=1S/C22H28N2O4/c1-16(2)28-18-8-5-7-17(13-18)23-14-22(25)24-20-10-3-4-11-21(20)27-15-19-9-6-12-26-19/h3-5,7-8,10-11,13,16,19,23H,6,9,12,14-15H2,1-2H3,(H,24,25). The van der Waals surface area contributed by atoms with Gasteiger partial charge in [-0.1, -0.05) is 18.2 Å². The summed E-state index contributed by atoms with van der Waals surface area (Å²) in [6.07, 6.45) is 2.31. The van der Waals surface area contributed by atoms with Crippen molar-refractivity contribution in [3.8, 4) is 11.5 Å². The van der Waals surface area contributed by atoms with Crippen LogP contribution in [-0.4, -0.2) is 37.9 Å². The Morgan fingerprint density at radius 2 is 2.07 bits per heavy atom. The van der Waals surface area contributed by atoms with Gasteiger partial charge in [-0.25, -0.2) is 0 Å². The maximum absolute atomic E-state index is 12.4. The van der Waals surface area contributed by atoms with E-state index in [1.54, 1.807) is 0 Å². The Morgan fingerprint density at radius 3 is 2.86 bits per heavy atom. The second-order valence-electron chi connectivity index (χ2n) is 7.04. The molecule has 2 aromatic rings. The minimum absolute atomic E-state index is 0.102. The molecule has 2 aromatic carbocycles. The van der Waals surface area contributed by atoms with Gasteiger partial charge in [0.05, 0.1) is 24.4 Å². The van der Waals surface area contributed by atoms with Crippen molar-refractivity contribution >= 4 is 17.3 Å². The van der Waals surface area contributed by atoms with Gasteiger partial charge < -0.3 is 24.8 Å². The number of hydrogen-bond donors (Lipinski definition) is 2. The lowest BCUT2D eigenvalue weighted by atomic mass is 10.2. The summed E-state index contributed by atoms with van der Waals surface area (Å²) in [4.78, 5) is 12.4. The van der Waals surface area contributed by atoms with E-state index >= 15 is 0 Å². The highest BCUT2D eigenvalue weighted by atomic mass is 16.5. The Bertz CT molecular complexity index is 773. The third kappa shape index (κ3) is 6.16. The molecule has 6 heteroatoms. The zero-order valence-electron chi connectivity index (χ0n) is 16.4. The molecule has 1 atom stereocenters. The first kappa shape index (κ1) is 20.0. The molecule has 0 spiro atoms. The van der Waals surface area contributed by atoms with E-state index in [4.69, 9.17) is 14.2 Å². The van der Waals surface area contributed by atoms with Gasteiger partial charge >= 0.3 is 0 Å². The Kier molecular flexibility index (Phi) is 7.14. The first-order valence-electron chi connectivity index (χ1n) is 9.74. The fourth-order valence-corrected chi connectivity index (χ4v) is 2.98. The van der Waals surface area contributed by atoms with Crippen molar-refractivity contribution in [3.63, 3.8) is 0 Å². The molecule has 28 heavy (non-hydrogen) atoms. The summed E-state index contributed by atoms with van der Waals surface area (Å²) >= 11 is 0. The van der Waals surface area contributed by atoms with Crippen LogP contribution in [0.2, 0.25) is 0 Å². The molecule has 3 rings (SSSR count). The first-order valence-corrected chi connectivity index (χ1v) is 9.74. The number of hydrogen-bond acceptors (Lipinski definition) is 5. The maximum atomic E-state index is 12.4. The largest absolute Gasteiger partial charge is 0.491 e. The van der Waals surface area contributed by atoms with Gasteiger partial charge in [0.2, 0.25) is 5.91 Å². The second-order valence-corrected chi connectivity index (χ2v) is 7.04. The molecule has 1 amide bonds. The quantitative estimate of drug-likeness (QED) is 0.682. The van der Waals surface area contributed by atoms with Crippen LogP contribution in [0.1, 0.15) is 26.7 Å². The van der Waals surface area contributed by atoms with Gasteiger partial charge in [0, 0.05) is 18.4 Å². The van der Waals surface area contributed by atoms with Gasteiger partial charge in [-0.3, -0.25) is 4.79 Å². The van der Waals surface area contributed by atoms with Crippen molar-refractivity contribution in [2.75, 3.05) is 30.4 Å². The fraction of sp³-hybridized carbons (Fsp3) is 0.409. The summed E-state index contributed by atoms with van der Waals surface area (Å²) in [5.41, 5.74) is 1.49. The Labute approximate surface area is 166 Å². The predicted molar refractivity (Wildman–Crippen MR) is 110 cm³/mol. The molecule has 0 aromatic heterocycles. The highest BCUT2D eigenvalue weighted by Crippen LogP contribution is 2.25. The summed E-state index contributed by atoms with van der Waals surface area (Å²) in [5.74, 6) is 1.27. The number of anilines is 2. The molecular weight excluding hydrogens is 356 g/mol. The Balaban J connectivity index is 1.52. The van der Waals surface area contributed by atoms with E-state index in [2.05, 4.69) is 10.6 Å². The summed E-state index contributed by atoms with van der Waals surface area (Å²) in [7, 11) is 0. The molecule has 0 radical (unpaired) electrons. The molecule has 1 aliphatic rings. The van der Waals surface area contributed by atoms with E-state index in [9.17, 15) is 4.79 Å². The molecule has 150 valence electrons. The zero-order chi connectivity index (χ0) is 19.8. The molecule has 6 nitrogen and oxygen atoms in total. The molecule has 2 N–H and O–H groups in total. The van der Waals surface area contributed by atoms with Gasteiger partial charge in [0.15, 0.2) is 0 Å². The average Bonchev–Trinajstić information content (AvgIpc) is 3.19. The van der Waals surface area contributed by atoms with Crippen LogP contribution in [0, 0.1) is 0 Å². The molecule has 1 saturated heterocycles. The molecule has 0 bridgehead atoms. The number of rotatable bonds is 9. The van der Waals surface area contributed by atoms with E-state index < -0.39 is 0 Å². The fourth-order valence-electron chi connectivity index (χ4n) is 2.98. The van der Waals surface area contributed by atoms with Crippen LogP contribution in [0.25, 0.3) is 0 Å². The number of amides is 1. The number of nitrogens with one attached hydrogen (secondary N) is 2. The highest BCUT2D eigenvalue weighted by Gasteiger charge is 2.17. The molecular formula is C22H28N2O4. The summed E-state index contributed by atoms with van der Waals surface area (Å²) in [6.45, 7) is 5.39. The number of carbonyl (C=O) groups is 1. The highest BCUT2D eigenvalue weighted by molar-refractivity contribution is 5.95. The van der Waals surface area contributed by atoms with Crippen molar-refractivity contribution in [1.82, 2.24) is 0 Å². The summed E-state index contributed by atoms with van der Waals surface area (Å²) in [5, 5.41) is 6.03. The predicted octanol–water partition coefficient (Wildman–Crippen LogP) is 4.08. The van der Waals surface area contributed by atoms with Gasteiger partial charge in [-0.05, 0) is 51.0 Å².